The zero-order valence-electron chi connectivity index (χ0n) is 24.0. The minimum atomic E-state index is -4.64. The molecule has 0 heterocycles. The molecule has 0 aliphatic heterocycles. The van der Waals surface area contributed by atoms with Gasteiger partial charge in [0.25, 0.3) is 0 Å². The van der Waals surface area contributed by atoms with Gasteiger partial charge in [-0.1, -0.05) is 72.8 Å². The van der Waals surface area contributed by atoms with Gasteiger partial charge in [-0.15, -0.1) is 0 Å². The molecular weight excluding hydrogens is 574 g/mol. The summed E-state index contributed by atoms with van der Waals surface area (Å²) in [7, 11) is 1.54. The van der Waals surface area contributed by atoms with Crippen molar-refractivity contribution < 1.29 is 31.1 Å². The van der Waals surface area contributed by atoms with Gasteiger partial charge in [0.2, 0.25) is 0 Å². The van der Waals surface area contributed by atoms with Gasteiger partial charge in [0.1, 0.15) is 16.6 Å². The van der Waals surface area contributed by atoms with Gasteiger partial charge in [-0.3, -0.25) is 0 Å². The van der Waals surface area contributed by atoms with E-state index in [1.807, 2.05) is 0 Å². The largest absolute Gasteiger partial charge is 0.497 e. The van der Waals surface area contributed by atoms with Gasteiger partial charge in [0, 0.05) is 0 Å². The number of alkyl halides is 6. The molecule has 5 aromatic rings. The second-order valence-corrected chi connectivity index (χ2v) is 11.8. The number of ether oxygens (including phenoxy) is 1. The molecule has 7 heteroatoms. The fourth-order valence-corrected chi connectivity index (χ4v) is 6.96. The molecule has 222 valence electrons. The third-order valence-corrected chi connectivity index (χ3v) is 9.61. The lowest BCUT2D eigenvalue weighted by atomic mass is 9.77. The number of hydrogen-bond donors (Lipinski definition) is 0. The Bertz CT molecular complexity index is 1950. The lowest BCUT2D eigenvalue weighted by Crippen LogP contribution is -2.39. The van der Waals surface area contributed by atoms with Crippen LogP contribution in [-0.2, 0) is 10.8 Å². The highest BCUT2D eigenvalue weighted by molar-refractivity contribution is 5.88. The summed E-state index contributed by atoms with van der Waals surface area (Å²) in [5.74, 6) is 0.640. The Balaban J connectivity index is 1.37. The van der Waals surface area contributed by atoms with Crippen LogP contribution < -0.4 is 4.74 Å². The maximum absolute atomic E-state index is 15.1. The van der Waals surface area contributed by atoms with Crippen LogP contribution in [0.25, 0.3) is 44.5 Å². The highest BCUT2D eigenvalue weighted by Gasteiger charge is 2.59. The molecule has 0 saturated carbocycles. The van der Waals surface area contributed by atoms with E-state index in [9.17, 15) is 13.2 Å². The Morgan fingerprint density at radius 1 is 0.455 bits per heavy atom. The summed E-state index contributed by atoms with van der Waals surface area (Å²) in [5.41, 5.74) is 0.0591. The molecule has 2 atom stereocenters. The molecule has 0 amide bonds. The first-order valence-electron chi connectivity index (χ1n) is 14.1. The van der Waals surface area contributed by atoms with Crippen LogP contribution in [0.3, 0.4) is 0 Å². The Hall–Kier alpha value is -4.52. The van der Waals surface area contributed by atoms with Crippen molar-refractivity contribution in [2.24, 2.45) is 0 Å². The van der Waals surface area contributed by atoms with Crippen LogP contribution in [0.2, 0.25) is 0 Å². The summed E-state index contributed by atoms with van der Waals surface area (Å²) in [4.78, 5) is 0. The van der Waals surface area contributed by atoms with Gasteiger partial charge in [0.15, 0.2) is 0 Å². The summed E-state index contributed by atoms with van der Waals surface area (Å²) >= 11 is 0. The van der Waals surface area contributed by atoms with Gasteiger partial charge < -0.3 is 4.74 Å². The quantitative estimate of drug-likeness (QED) is 0.187. The van der Waals surface area contributed by atoms with Crippen molar-refractivity contribution in [1.29, 1.82) is 0 Å². The fourth-order valence-electron chi connectivity index (χ4n) is 6.96. The number of halogens is 6. The predicted molar refractivity (Wildman–Crippen MR) is 160 cm³/mol. The molecule has 0 radical (unpaired) electrons. The Kier molecular flexibility index (Phi) is 5.94. The van der Waals surface area contributed by atoms with E-state index >= 15 is 13.2 Å². The molecule has 0 saturated heterocycles. The summed E-state index contributed by atoms with van der Waals surface area (Å²) in [6, 6.07) is 28.3. The van der Waals surface area contributed by atoms with Crippen LogP contribution in [-0.4, -0.2) is 19.5 Å². The molecule has 7 rings (SSSR count). The molecular formula is C37H26F6O. The fraction of sp³-hybridized carbons (Fsp3) is 0.189. The Morgan fingerprint density at radius 2 is 0.818 bits per heavy atom. The van der Waals surface area contributed by atoms with Crippen molar-refractivity contribution in [3.8, 4) is 50.3 Å². The van der Waals surface area contributed by atoms with Crippen molar-refractivity contribution in [3.05, 3.63) is 125 Å². The SMILES string of the molecule is COc1ccc(-c2ccc3c(c2)C(C)(C(F)(F)F)c2cc(-c4ccc5c(c4)C(C)(C(F)(F)F)c4ccccc4-5)ccc2-3)cc1. The van der Waals surface area contributed by atoms with E-state index in [0.29, 0.717) is 44.7 Å². The van der Waals surface area contributed by atoms with Gasteiger partial charge in [-0.05, 0) is 111 Å². The zero-order chi connectivity index (χ0) is 31.2. The first kappa shape index (κ1) is 28.3. The smallest absolute Gasteiger partial charge is 0.402 e. The first-order valence-corrected chi connectivity index (χ1v) is 14.1. The molecule has 5 aromatic carbocycles. The van der Waals surface area contributed by atoms with E-state index in [4.69, 9.17) is 4.74 Å². The Labute approximate surface area is 250 Å². The van der Waals surface area contributed by atoms with E-state index in [1.54, 1.807) is 92.0 Å². The lowest BCUT2D eigenvalue weighted by Gasteiger charge is -2.31. The van der Waals surface area contributed by atoms with Crippen LogP contribution >= 0.6 is 0 Å². The highest BCUT2D eigenvalue weighted by atomic mass is 19.4. The maximum atomic E-state index is 15.1. The molecule has 2 aliphatic rings. The second kappa shape index (κ2) is 9.24. The molecule has 0 N–H and O–H groups in total. The number of rotatable bonds is 3. The summed E-state index contributed by atoms with van der Waals surface area (Å²) in [6.45, 7) is 2.35. The highest BCUT2D eigenvalue weighted by Crippen LogP contribution is 2.59. The zero-order valence-corrected chi connectivity index (χ0v) is 24.0. The minimum Gasteiger partial charge on any atom is -0.497 e. The maximum Gasteiger partial charge on any atom is 0.402 e. The molecule has 0 aromatic heterocycles. The Morgan fingerprint density at radius 3 is 1.25 bits per heavy atom. The molecule has 1 nitrogen and oxygen atoms in total. The van der Waals surface area contributed by atoms with Crippen molar-refractivity contribution in [2.45, 2.75) is 37.0 Å². The molecule has 0 spiro atoms. The average molecular weight is 601 g/mol. The molecule has 44 heavy (non-hydrogen) atoms. The van der Waals surface area contributed by atoms with Crippen molar-refractivity contribution in [3.63, 3.8) is 0 Å². The predicted octanol–water partition coefficient (Wildman–Crippen LogP) is 10.7. The van der Waals surface area contributed by atoms with Gasteiger partial charge >= 0.3 is 12.4 Å². The standard InChI is InChI=1S/C37H26F6O/c1-34(36(38,39)40)30-7-5-4-6-26(30)27-16-11-23(19-31(27)34)24-12-17-29-28-15-10-22(21-8-13-25(44-3)14-9-21)18-32(28)35(2,33(29)20-24)37(41,42)43/h4-20H,1-3H3. The minimum absolute atomic E-state index is 0.0757. The van der Waals surface area contributed by atoms with Crippen LogP contribution in [0, 0.1) is 0 Å². The van der Waals surface area contributed by atoms with Crippen molar-refractivity contribution >= 4 is 0 Å². The normalized spacial score (nSPS) is 20.1. The van der Waals surface area contributed by atoms with Crippen molar-refractivity contribution in [1.82, 2.24) is 0 Å². The monoisotopic (exact) mass is 600 g/mol. The van der Waals surface area contributed by atoms with E-state index in [-0.39, 0.29) is 22.3 Å². The van der Waals surface area contributed by atoms with Gasteiger partial charge in [0.05, 0.1) is 7.11 Å². The number of benzene rings is 5. The summed E-state index contributed by atoms with van der Waals surface area (Å²) < 4.78 is 94.5. The average Bonchev–Trinajstić information content (AvgIpc) is 3.43. The first-order chi connectivity index (χ1) is 20.8. The lowest BCUT2D eigenvalue weighted by molar-refractivity contribution is -0.172. The van der Waals surface area contributed by atoms with Crippen LogP contribution in [0.5, 0.6) is 5.75 Å². The molecule has 2 aliphatic carbocycles. The third-order valence-electron chi connectivity index (χ3n) is 9.61. The van der Waals surface area contributed by atoms with E-state index in [1.165, 1.54) is 32.0 Å². The van der Waals surface area contributed by atoms with Crippen LogP contribution in [0.4, 0.5) is 26.3 Å². The number of fused-ring (bicyclic) bond motifs is 6. The molecule has 2 unspecified atom stereocenters. The van der Waals surface area contributed by atoms with Gasteiger partial charge in [-0.2, -0.15) is 26.3 Å². The number of hydrogen-bond acceptors (Lipinski definition) is 1. The summed E-state index contributed by atoms with van der Waals surface area (Å²) in [6.07, 6.45) is -9.22. The van der Waals surface area contributed by atoms with Crippen molar-refractivity contribution in [2.75, 3.05) is 7.11 Å². The van der Waals surface area contributed by atoms with E-state index < -0.39 is 23.2 Å². The molecule has 0 bridgehead atoms. The van der Waals surface area contributed by atoms with E-state index in [2.05, 4.69) is 0 Å². The van der Waals surface area contributed by atoms with Gasteiger partial charge in [-0.25, -0.2) is 0 Å². The number of methoxy groups -OCH3 is 1. The second-order valence-electron chi connectivity index (χ2n) is 11.8. The van der Waals surface area contributed by atoms with E-state index in [0.717, 1.165) is 5.56 Å². The van der Waals surface area contributed by atoms with Crippen LogP contribution in [0.1, 0.15) is 36.1 Å². The third kappa shape index (κ3) is 3.74. The summed E-state index contributed by atoms with van der Waals surface area (Å²) in [5, 5.41) is 0. The molecule has 0 fully saturated rings. The topological polar surface area (TPSA) is 9.23 Å². The van der Waals surface area contributed by atoms with Crippen LogP contribution in [0.15, 0.2) is 103 Å².